The van der Waals surface area contributed by atoms with E-state index in [2.05, 4.69) is 30.9 Å². The summed E-state index contributed by atoms with van der Waals surface area (Å²) < 4.78 is 40.1. The molecule has 0 saturated heterocycles. The minimum absolute atomic E-state index is 0.0239. The molecule has 34 heavy (non-hydrogen) atoms. The van der Waals surface area contributed by atoms with Gasteiger partial charge in [-0.2, -0.15) is 13.2 Å². The number of imidazole rings is 1. The van der Waals surface area contributed by atoms with Crippen LogP contribution in [0.1, 0.15) is 47.7 Å². The van der Waals surface area contributed by atoms with Crippen LogP contribution < -0.4 is 5.56 Å². The molecule has 1 N–H and O–H groups in total. The number of rotatable bonds is 4. The Labute approximate surface area is 192 Å². The van der Waals surface area contributed by atoms with Gasteiger partial charge < -0.3 is 9.38 Å². The average Bonchev–Trinajstić information content (AvgIpc) is 3.55. The van der Waals surface area contributed by atoms with Crippen molar-refractivity contribution in [2.24, 2.45) is 0 Å². The second kappa shape index (κ2) is 7.76. The van der Waals surface area contributed by atoms with Crippen LogP contribution in [0.2, 0.25) is 0 Å². The number of pyridine rings is 2. The lowest BCUT2D eigenvalue weighted by atomic mass is 10.0. The third kappa shape index (κ3) is 3.98. The molecule has 1 fully saturated rings. The Morgan fingerprint density at radius 2 is 1.97 bits per heavy atom. The van der Waals surface area contributed by atoms with Crippen LogP contribution in [-0.4, -0.2) is 42.3 Å². The van der Waals surface area contributed by atoms with Gasteiger partial charge in [-0.1, -0.05) is 6.08 Å². The molecule has 1 saturated carbocycles. The highest BCUT2D eigenvalue weighted by Gasteiger charge is 2.34. The summed E-state index contributed by atoms with van der Waals surface area (Å²) in [5, 5.41) is 0. The second-order valence-corrected chi connectivity index (χ2v) is 8.98. The summed E-state index contributed by atoms with van der Waals surface area (Å²) in [4.78, 5) is 30.0. The SMILES string of the molecule is O=c1[nH]c2cc(CN3CC=C(c4cn5cc(C(F)(F)F)nc5cn4)CC3)cnc2cc1C1CC1. The molecule has 6 rings (SSSR count). The van der Waals surface area contributed by atoms with Crippen molar-refractivity contribution < 1.29 is 13.2 Å². The average molecular weight is 466 g/mol. The van der Waals surface area contributed by atoms with E-state index in [1.54, 1.807) is 6.20 Å². The smallest absolute Gasteiger partial charge is 0.320 e. The molecule has 4 aromatic heterocycles. The van der Waals surface area contributed by atoms with Gasteiger partial charge in [-0.05, 0) is 48.4 Å². The Bertz CT molecular complexity index is 1500. The van der Waals surface area contributed by atoms with Crippen LogP contribution in [-0.2, 0) is 12.7 Å². The first-order valence-electron chi connectivity index (χ1n) is 11.2. The van der Waals surface area contributed by atoms with Crippen molar-refractivity contribution in [1.29, 1.82) is 0 Å². The van der Waals surface area contributed by atoms with Gasteiger partial charge >= 0.3 is 6.18 Å². The van der Waals surface area contributed by atoms with E-state index < -0.39 is 11.9 Å². The maximum absolute atomic E-state index is 12.9. The van der Waals surface area contributed by atoms with E-state index in [9.17, 15) is 18.0 Å². The summed E-state index contributed by atoms with van der Waals surface area (Å²) in [7, 11) is 0. The Morgan fingerprint density at radius 1 is 1.12 bits per heavy atom. The standard InChI is InChI=1S/C24H21F3N6O/c25-24(26,27)21-13-33-12-20(29-10-22(33)31-21)16-3-5-32(6-4-16)11-14-7-19-18(28-9-14)8-17(15-1-2-15)23(34)30-19/h3,7-10,12-13,15H,1-2,4-6,11H2,(H,30,34). The third-order valence-corrected chi connectivity index (χ3v) is 6.46. The van der Waals surface area contributed by atoms with Gasteiger partial charge in [-0.3, -0.25) is 19.7 Å². The zero-order valence-electron chi connectivity index (χ0n) is 18.1. The molecule has 2 aliphatic rings. The minimum atomic E-state index is -4.49. The highest BCUT2D eigenvalue weighted by molar-refractivity contribution is 5.75. The Balaban J connectivity index is 1.17. The van der Waals surface area contributed by atoms with Crippen LogP contribution in [0.3, 0.4) is 0 Å². The number of fused-ring (bicyclic) bond motifs is 2. The fourth-order valence-electron chi connectivity index (χ4n) is 4.47. The highest BCUT2D eigenvalue weighted by atomic mass is 19.4. The number of hydrogen-bond acceptors (Lipinski definition) is 5. The molecule has 5 heterocycles. The van der Waals surface area contributed by atoms with Gasteiger partial charge in [0.25, 0.3) is 5.56 Å². The van der Waals surface area contributed by atoms with Crippen molar-refractivity contribution in [3.05, 3.63) is 75.9 Å². The van der Waals surface area contributed by atoms with E-state index in [0.717, 1.165) is 59.7 Å². The van der Waals surface area contributed by atoms with Crippen molar-refractivity contribution in [3.63, 3.8) is 0 Å². The molecule has 0 amide bonds. The van der Waals surface area contributed by atoms with Gasteiger partial charge in [0.1, 0.15) is 0 Å². The lowest BCUT2D eigenvalue weighted by molar-refractivity contribution is -0.140. The summed E-state index contributed by atoms with van der Waals surface area (Å²) in [6.45, 7) is 2.14. The molecule has 0 unspecified atom stereocenters. The normalized spacial score (nSPS) is 17.4. The van der Waals surface area contributed by atoms with Gasteiger partial charge in [0, 0.05) is 43.8 Å². The topological polar surface area (TPSA) is 79.2 Å². The predicted molar refractivity (Wildman–Crippen MR) is 120 cm³/mol. The monoisotopic (exact) mass is 466 g/mol. The van der Waals surface area contributed by atoms with Crippen LogP contribution in [0.25, 0.3) is 22.3 Å². The number of hydrogen-bond donors (Lipinski definition) is 1. The first-order valence-corrected chi connectivity index (χ1v) is 11.2. The van der Waals surface area contributed by atoms with E-state index in [1.807, 2.05) is 18.3 Å². The summed E-state index contributed by atoms with van der Waals surface area (Å²) in [6, 6.07) is 3.89. The largest absolute Gasteiger partial charge is 0.434 e. The number of alkyl halides is 3. The van der Waals surface area contributed by atoms with E-state index in [-0.39, 0.29) is 11.2 Å². The Kier molecular flexibility index (Phi) is 4.80. The second-order valence-electron chi connectivity index (χ2n) is 8.98. The minimum Gasteiger partial charge on any atom is -0.320 e. The summed E-state index contributed by atoms with van der Waals surface area (Å²) in [5.74, 6) is 0.375. The van der Waals surface area contributed by atoms with Crippen LogP contribution in [0, 0.1) is 0 Å². The lowest BCUT2D eigenvalue weighted by Gasteiger charge is -2.26. The maximum atomic E-state index is 12.9. The van der Waals surface area contributed by atoms with Crippen molar-refractivity contribution in [1.82, 2.24) is 29.2 Å². The zero-order chi connectivity index (χ0) is 23.4. The molecule has 174 valence electrons. The van der Waals surface area contributed by atoms with E-state index in [0.29, 0.717) is 24.7 Å². The molecular weight excluding hydrogens is 445 g/mol. The fourth-order valence-corrected chi connectivity index (χ4v) is 4.47. The molecule has 0 bridgehead atoms. The molecule has 0 atom stereocenters. The quantitative estimate of drug-likeness (QED) is 0.489. The van der Waals surface area contributed by atoms with Crippen LogP contribution in [0.4, 0.5) is 13.2 Å². The molecule has 0 aromatic carbocycles. The van der Waals surface area contributed by atoms with E-state index in [1.165, 1.54) is 10.6 Å². The van der Waals surface area contributed by atoms with Crippen LogP contribution in [0.15, 0.2) is 47.8 Å². The number of aromatic amines is 1. The summed E-state index contributed by atoms with van der Waals surface area (Å²) >= 11 is 0. The molecule has 0 radical (unpaired) electrons. The number of nitrogens with zero attached hydrogens (tertiary/aromatic N) is 5. The summed E-state index contributed by atoms with van der Waals surface area (Å²) in [5.41, 5.74) is 4.25. The van der Waals surface area contributed by atoms with Gasteiger partial charge in [-0.15, -0.1) is 0 Å². The third-order valence-electron chi connectivity index (χ3n) is 6.46. The Morgan fingerprint density at radius 3 is 2.71 bits per heavy atom. The Hall–Kier alpha value is -3.53. The number of nitrogens with one attached hydrogen (secondary N) is 1. The van der Waals surface area contributed by atoms with Crippen LogP contribution >= 0.6 is 0 Å². The van der Waals surface area contributed by atoms with Gasteiger partial charge in [0.15, 0.2) is 11.3 Å². The highest BCUT2D eigenvalue weighted by Crippen LogP contribution is 2.38. The van der Waals surface area contributed by atoms with Crippen molar-refractivity contribution >= 4 is 22.3 Å². The number of halogens is 3. The first kappa shape index (κ1) is 21.0. The lowest BCUT2D eigenvalue weighted by Crippen LogP contribution is -2.28. The van der Waals surface area contributed by atoms with Crippen LogP contribution in [0.5, 0.6) is 0 Å². The summed E-state index contributed by atoms with van der Waals surface area (Å²) in [6.07, 6.45) is 6.23. The molecule has 1 aliphatic carbocycles. The number of aromatic nitrogens is 5. The molecule has 1 aliphatic heterocycles. The maximum Gasteiger partial charge on any atom is 0.434 e. The van der Waals surface area contributed by atoms with E-state index >= 15 is 0 Å². The molecule has 0 spiro atoms. The zero-order valence-corrected chi connectivity index (χ0v) is 18.1. The van der Waals surface area contributed by atoms with Gasteiger partial charge in [0.2, 0.25) is 0 Å². The van der Waals surface area contributed by atoms with Crippen molar-refractivity contribution in [2.75, 3.05) is 13.1 Å². The van der Waals surface area contributed by atoms with E-state index in [4.69, 9.17) is 0 Å². The number of H-pyrrole nitrogens is 1. The molecule has 7 nitrogen and oxygen atoms in total. The first-order chi connectivity index (χ1) is 16.3. The molecular formula is C24H21F3N6O. The van der Waals surface area contributed by atoms with Gasteiger partial charge in [-0.25, -0.2) is 4.98 Å². The van der Waals surface area contributed by atoms with Crippen molar-refractivity contribution in [3.8, 4) is 0 Å². The molecule has 10 heteroatoms. The van der Waals surface area contributed by atoms with Gasteiger partial charge in [0.05, 0.1) is 22.9 Å². The predicted octanol–water partition coefficient (Wildman–Crippen LogP) is 4.15. The van der Waals surface area contributed by atoms with Crippen molar-refractivity contribution in [2.45, 2.75) is 37.9 Å². The molecule has 4 aromatic rings. The fraction of sp³-hybridized carbons (Fsp3) is 0.333.